The Morgan fingerprint density at radius 1 is 0.688 bits per heavy atom. The molecule has 0 bridgehead atoms. The lowest BCUT2D eigenvalue weighted by atomic mass is 9.26. The first-order valence-corrected chi connectivity index (χ1v) is 6.13. The van der Waals surface area contributed by atoms with Gasteiger partial charge in [-0.05, 0) is 5.41 Å². The monoisotopic (exact) mass is 222 g/mol. The van der Waals surface area contributed by atoms with Gasteiger partial charge in [-0.25, -0.2) is 0 Å². The zero-order chi connectivity index (χ0) is 13.4. The van der Waals surface area contributed by atoms with Crippen molar-refractivity contribution in [3.8, 4) is 0 Å². The lowest BCUT2D eigenvalue weighted by Crippen LogP contribution is -2.49. The van der Waals surface area contributed by atoms with Gasteiger partial charge in [0.1, 0.15) is 14.6 Å². The first kappa shape index (κ1) is 16.1. The molecular weight excluding hydrogens is 194 g/mol. The largest absolute Gasteiger partial charge is 0.408 e. The van der Waals surface area contributed by atoms with Crippen LogP contribution in [-0.4, -0.2) is 25.1 Å². The van der Waals surface area contributed by atoms with Gasteiger partial charge in [-0.15, -0.1) is 0 Å². The lowest BCUT2D eigenvalue weighted by molar-refractivity contribution is 0.204. The molecule has 92 valence electrons. The Morgan fingerprint density at radius 2 is 1.06 bits per heavy atom. The van der Waals surface area contributed by atoms with Gasteiger partial charge in [0.05, 0.1) is 0 Å². The molecular formula is C13H28B2O. The highest BCUT2D eigenvalue weighted by molar-refractivity contribution is 6.64. The molecule has 0 rings (SSSR count). The van der Waals surface area contributed by atoms with Crippen LogP contribution in [0.5, 0.6) is 0 Å². The number of hydrogen-bond donors (Lipinski definition) is 1. The third-order valence-electron chi connectivity index (χ3n) is 3.31. The van der Waals surface area contributed by atoms with E-state index in [1.165, 1.54) is 0 Å². The van der Waals surface area contributed by atoms with E-state index in [-0.39, 0.29) is 16.0 Å². The Bertz CT molecular complexity index is 231. The summed E-state index contributed by atoms with van der Waals surface area (Å²) in [6.45, 7) is 19.2. The fourth-order valence-corrected chi connectivity index (χ4v) is 1.87. The zero-order valence-electron chi connectivity index (χ0n) is 12.6. The molecule has 1 atom stereocenters. The Kier molecular flexibility index (Phi) is 4.43. The molecule has 16 heavy (non-hydrogen) atoms. The van der Waals surface area contributed by atoms with Crippen LogP contribution in [0, 0.1) is 5.41 Å². The topological polar surface area (TPSA) is 20.2 Å². The molecule has 0 aromatic heterocycles. The van der Waals surface area contributed by atoms with Crippen molar-refractivity contribution in [1.29, 1.82) is 0 Å². The van der Waals surface area contributed by atoms with E-state index in [1.807, 2.05) is 14.2 Å². The molecule has 0 aromatic carbocycles. The van der Waals surface area contributed by atoms with E-state index < -0.39 is 5.40 Å². The molecule has 0 aromatic rings. The summed E-state index contributed by atoms with van der Waals surface area (Å²) in [6.07, 6.45) is 0. The molecule has 3 heteroatoms. The maximum absolute atomic E-state index is 10.4. The van der Waals surface area contributed by atoms with Gasteiger partial charge in [-0.2, -0.15) is 0 Å². The van der Waals surface area contributed by atoms with E-state index in [9.17, 15) is 5.11 Å². The Morgan fingerprint density at radius 3 is 1.31 bits per heavy atom. The van der Waals surface area contributed by atoms with Gasteiger partial charge < -0.3 is 5.11 Å². The Labute approximate surface area is 104 Å². The van der Waals surface area contributed by atoms with Crippen LogP contribution in [0.1, 0.15) is 62.3 Å². The molecule has 0 aliphatic heterocycles. The maximum atomic E-state index is 10.4. The minimum absolute atomic E-state index is 0.0156. The van der Waals surface area contributed by atoms with Crippen molar-refractivity contribution in [2.24, 2.45) is 5.41 Å². The highest BCUT2D eigenvalue weighted by Gasteiger charge is 2.41. The normalized spacial score (nSPS) is 17.9. The minimum atomic E-state index is -0.824. The molecule has 0 aliphatic carbocycles. The van der Waals surface area contributed by atoms with Crippen molar-refractivity contribution in [2.45, 2.75) is 78.3 Å². The summed E-state index contributed by atoms with van der Waals surface area (Å²) >= 11 is 0. The second-order valence-corrected chi connectivity index (χ2v) is 7.85. The Hall–Kier alpha value is 0.0899. The van der Waals surface area contributed by atoms with E-state index in [0.29, 0.717) is 0 Å². The van der Waals surface area contributed by atoms with E-state index >= 15 is 0 Å². The fourth-order valence-electron chi connectivity index (χ4n) is 1.87. The average molecular weight is 222 g/mol. The zero-order valence-corrected chi connectivity index (χ0v) is 12.6. The average Bonchev–Trinajstić information content (AvgIpc) is 1.72. The Balaban J connectivity index is 4.72. The molecule has 1 N–H and O–H groups in total. The van der Waals surface area contributed by atoms with Crippen molar-refractivity contribution < 1.29 is 5.11 Å². The van der Waals surface area contributed by atoms with Gasteiger partial charge in [0.25, 0.3) is 0 Å². The molecule has 0 fully saturated rings. The third-order valence-corrected chi connectivity index (χ3v) is 3.31. The standard InChI is InChI=1S/C13H28B2O/c1-10(2,3)12(7,8)15-13(9,16)14-11(4,5)6/h16H,1-9H3. The molecule has 1 unspecified atom stereocenters. The van der Waals surface area contributed by atoms with Gasteiger partial charge in [-0.3, -0.25) is 0 Å². The highest BCUT2D eigenvalue weighted by atomic mass is 16.3. The predicted molar refractivity (Wildman–Crippen MR) is 75.3 cm³/mol. The van der Waals surface area contributed by atoms with Gasteiger partial charge in [0.2, 0.25) is 0 Å². The predicted octanol–water partition coefficient (Wildman–Crippen LogP) is 3.52. The van der Waals surface area contributed by atoms with Crippen molar-refractivity contribution in [2.75, 3.05) is 0 Å². The van der Waals surface area contributed by atoms with Gasteiger partial charge in [0.15, 0.2) is 0 Å². The van der Waals surface area contributed by atoms with Crippen LogP contribution in [0.15, 0.2) is 0 Å². The smallest absolute Gasteiger partial charge is 0.149 e. The van der Waals surface area contributed by atoms with Crippen molar-refractivity contribution >= 4 is 14.6 Å². The summed E-state index contributed by atoms with van der Waals surface area (Å²) in [6, 6.07) is 0. The third kappa shape index (κ3) is 5.43. The molecule has 0 amide bonds. The van der Waals surface area contributed by atoms with Crippen LogP contribution < -0.4 is 0 Å². The van der Waals surface area contributed by atoms with E-state index in [2.05, 4.69) is 62.7 Å². The molecule has 0 saturated carbocycles. The van der Waals surface area contributed by atoms with Crippen molar-refractivity contribution in [3.63, 3.8) is 0 Å². The van der Waals surface area contributed by atoms with Crippen LogP contribution in [-0.2, 0) is 0 Å². The summed E-state index contributed by atoms with van der Waals surface area (Å²) < 4.78 is 0. The van der Waals surface area contributed by atoms with E-state index in [1.54, 1.807) is 0 Å². The summed E-state index contributed by atoms with van der Waals surface area (Å²) in [5.41, 5.74) is 0.142. The minimum Gasteiger partial charge on any atom is -0.408 e. The summed E-state index contributed by atoms with van der Waals surface area (Å²) in [5.74, 6) is 0. The van der Waals surface area contributed by atoms with Crippen LogP contribution >= 0.6 is 0 Å². The number of hydrogen-bond acceptors (Lipinski definition) is 1. The van der Waals surface area contributed by atoms with Crippen LogP contribution in [0.25, 0.3) is 0 Å². The molecule has 0 heterocycles. The second-order valence-electron chi connectivity index (χ2n) is 7.85. The lowest BCUT2D eigenvalue weighted by Gasteiger charge is -2.44. The quantitative estimate of drug-likeness (QED) is 0.724. The van der Waals surface area contributed by atoms with Crippen LogP contribution in [0.2, 0.25) is 10.6 Å². The fraction of sp³-hybridized carbons (Fsp3) is 1.00. The first-order valence-electron chi connectivity index (χ1n) is 6.13. The molecule has 2 radical (unpaired) electrons. The van der Waals surface area contributed by atoms with E-state index in [4.69, 9.17) is 0 Å². The number of aliphatic hydroxyl groups is 1. The van der Waals surface area contributed by atoms with Gasteiger partial charge >= 0.3 is 0 Å². The SMILES string of the molecule is CC(C)(C)[B]C(C)(O)[B]C(C)(C)C(C)(C)C. The van der Waals surface area contributed by atoms with Crippen molar-refractivity contribution in [3.05, 3.63) is 0 Å². The summed E-state index contributed by atoms with van der Waals surface area (Å²) in [5, 5.41) is 9.62. The van der Waals surface area contributed by atoms with Crippen molar-refractivity contribution in [1.82, 2.24) is 0 Å². The summed E-state index contributed by atoms with van der Waals surface area (Å²) in [7, 11) is 4.07. The molecule has 0 spiro atoms. The summed E-state index contributed by atoms with van der Waals surface area (Å²) in [4.78, 5) is 0. The maximum Gasteiger partial charge on any atom is 0.149 e. The van der Waals surface area contributed by atoms with Crippen LogP contribution in [0.3, 0.4) is 0 Å². The highest BCUT2D eigenvalue weighted by Crippen LogP contribution is 2.45. The van der Waals surface area contributed by atoms with Gasteiger partial charge in [-0.1, -0.05) is 72.9 Å². The number of rotatable bonds is 3. The molecule has 1 nitrogen and oxygen atoms in total. The van der Waals surface area contributed by atoms with Crippen LogP contribution in [0.4, 0.5) is 0 Å². The first-order chi connectivity index (χ1) is 6.66. The molecule has 0 aliphatic rings. The van der Waals surface area contributed by atoms with Gasteiger partial charge in [0, 0.05) is 5.40 Å². The second kappa shape index (κ2) is 4.40. The van der Waals surface area contributed by atoms with E-state index in [0.717, 1.165) is 0 Å². The molecule has 0 saturated heterocycles.